The lowest BCUT2D eigenvalue weighted by atomic mass is 9.92. The van der Waals surface area contributed by atoms with Gasteiger partial charge in [-0.05, 0) is 26.2 Å². The van der Waals surface area contributed by atoms with Crippen molar-refractivity contribution >= 4 is 6.21 Å². The number of nitrogens with zero attached hydrogens (tertiary/aromatic N) is 1. The standard InChI is InChI=1S/C10H18N2.C2H6/c1-4-12-10-8(2)6-5-7-9(10)11-3;1-2/h4,8,11H,5-7H2,1-3H3;1-2H3. The van der Waals surface area contributed by atoms with Gasteiger partial charge in [-0.2, -0.15) is 0 Å². The normalized spacial score (nSPS) is 21.9. The van der Waals surface area contributed by atoms with Crippen LogP contribution in [0.5, 0.6) is 0 Å². The van der Waals surface area contributed by atoms with Crippen LogP contribution in [0.1, 0.15) is 47.0 Å². The van der Waals surface area contributed by atoms with Crippen molar-refractivity contribution in [1.29, 1.82) is 0 Å². The fraction of sp³-hybridized carbons (Fsp3) is 0.750. The third kappa shape index (κ3) is 3.52. The molecule has 2 nitrogen and oxygen atoms in total. The van der Waals surface area contributed by atoms with E-state index in [1.807, 2.05) is 34.0 Å². The Hall–Kier alpha value is -0.790. The average molecular weight is 196 g/mol. The molecule has 0 amide bonds. The Bertz CT molecular complexity index is 204. The van der Waals surface area contributed by atoms with Crippen molar-refractivity contribution < 1.29 is 0 Å². The molecule has 82 valence electrons. The van der Waals surface area contributed by atoms with Crippen molar-refractivity contribution in [2.24, 2.45) is 10.9 Å². The minimum atomic E-state index is 0.623. The van der Waals surface area contributed by atoms with Crippen LogP contribution in [0.15, 0.2) is 16.4 Å². The van der Waals surface area contributed by atoms with Crippen LogP contribution >= 0.6 is 0 Å². The molecule has 0 aromatic carbocycles. The molecular weight excluding hydrogens is 172 g/mol. The van der Waals surface area contributed by atoms with Crippen molar-refractivity contribution in [3.63, 3.8) is 0 Å². The van der Waals surface area contributed by atoms with Gasteiger partial charge < -0.3 is 5.32 Å². The Morgan fingerprint density at radius 3 is 2.57 bits per heavy atom. The molecule has 1 N–H and O–H groups in total. The van der Waals surface area contributed by atoms with Gasteiger partial charge in [0.25, 0.3) is 0 Å². The summed E-state index contributed by atoms with van der Waals surface area (Å²) < 4.78 is 0. The number of allylic oxidation sites excluding steroid dienone is 2. The molecule has 0 aliphatic heterocycles. The van der Waals surface area contributed by atoms with E-state index in [-0.39, 0.29) is 0 Å². The summed E-state index contributed by atoms with van der Waals surface area (Å²) in [5.74, 6) is 0.623. The van der Waals surface area contributed by atoms with Gasteiger partial charge in [-0.15, -0.1) is 0 Å². The molecular formula is C12H24N2. The Balaban J connectivity index is 0.000000791. The molecule has 1 unspecified atom stereocenters. The predicted octanol–water partition coefficient (Wildman–Crippen LogP) is 3.35. The maximum atomic E-state index is 4.41. The molecule has 0 radical (unpaired) electrons. The molecule has 14 heavy (non-hydrogen) atoms. The molecule has 1 aliphatic carbocycles. The van der Waals surface area contributed by atoms with Gasteiger partial charge in [0.05, 0.1) is 5.70 Å². The molecule has 1 aliphatic rings. The van der Waals surface area contributed by atoms with Gasteiger partial charge in [0.2, 0.25) is 0 Å². The maximum Gasteiger partial charge on any atom is 0.0616 e. The molecule has 0 bridgehead atoms. The first-order valence-electron chi connectivity index (χ1n) is 5.69. The Labute approximate surface area is 88.5 Å². The summed E-state index contributed by atoms with van der Waals surface area (Å²) in [5.41, 5.74) is 2.58. The number of hydrogen-bond donors (Lipinski definition) is 1. The van der Waals surface area contributed by atoms with Crippen molar-refractivity contribution in [2.45, 2.75) is 47.0 Å². The highest BCUT2D eigenvalue weighted by atomic mass is 14.9. The van der Waals surface area contributed by atoms with Crippen LogP contribution in [-0.2, 0) is 0 Å². The Morgan fingerprint density at radius 1 is 1.43 bits per heavy atom. The minimum Gasteiger partial charge on any atom is -0.390 e. The number of rotatable bonds is 2. The highest BCUT2D eigenvalue weighted by Gasteiger charge is 2.17. The summed E-state index contributed by atoms with van der Waals surface area (Å²) in [5, 5.41) is 3.24. The fourth-order valence-electron chi connectivity index (χ4n) is 1.74. The first-order chi connectivity index (χ1) is 6.79. The van der Waals surface area contributed by atoms with Crippen molar-refractivity contribution in [3.05, 3.63) is 11.4 Å². The lowest BCUT2D eigenvalue weighted by molar-refractivity contribution is 0.515. The van der Waals surface area contributed by atoms with Gasteiger partial charge in [0, 0.05) is 24.9 Å². The monoisotopic (exact) mass is 196 g/mol. The summed E-state index contributed by atoms with van der Waals surface area (Å²) in [4.78, 5) is 4.41. The molecule has 0 saturated carbocycles. The summed E-state index contributed by atoms with van der Waals surface area (Å²) in [7, 11) is 1.98. The zero-order chi connectivity index (χ0) is 11.0. The van der Waals surface area contributed by atoms with Crippen LogP contribution < -0.4 is 5.32 Å². The molecule has 1 atom stereocenters. The van der Waals surface area contributed by atoms with E-state index in [0.717, 1.165) is 6.42 Å². The Morgan fingerprint density at radius 2 is 2.07 bits per heavy atom. The molecule has 0 heterocycles. The molecule has 0 saturated heterocycles. The third-order valence-corrected chi connectivity index (χ3v) is 2.41. The van der Waals surface area contributed by atoms with Crippen LogP contribution in [0.4, 0.5) is 0 Å². The van der Waals surface area contributed by atoms with E-state index < -0.39 is 0 Å². The molecule has 0 aromatic rings. The van der Waals surface area contributed by atoms with E-state index in [9.17, 15) is 0 Å². The van der Waals surface area contributed by atoms with Crippen LogP contribution in [0.2, 0.25) is 0 Å². The fourth-order valence-corrected chi connectivity index (χ4v) is 1.74. The largest absolute Gasteiger partial charge is 0.390 e. The molecule has 2 heteroatoms. The second kappa shape index (κ2) is 7.60. The molecule has 0 spiro atoms. The second-order valence-corrected chi connectivity index (χ2v) is 3.29. The molecule has 0 fully saturated rings. The molecule has 0 aromatic heterocycles. The van der Waals surface area contributed by atoms with Crippen LogP contribution in [0, 0.1) is 5.92 Å². The zero-order valence-corrected chi connectivity index (χ0v) is 10.2. The third-order valence-electron chi connectivity index (χ3n) is 2.41. The smallest absolute Gasteiger partial charge is 0.0616 e. The molecule has 1 rings (SSSR count). The Kier molecular flexibility index (Phi) is 7.17. The van der Waals surface area contributed by atoms with Crippen molar-refractivity contribution in [3.8, 4) is 0 Å². The number of nitrogens with one attached hydrogen (secondary N) is 1. The maximum absolute atomic E-state index is 4.41. The summed E-state index contributed by atoms with van der Waals surface area (Å²) >= 11 is 0. The summed E-state index contributed by atoms with van der Waals surface area (Å²) in [6, 6.07) is 0. The van der Waals surface area contributed by atoms with E-state index >= 15 is 0 Å². The van der Waals surface area contributed by atoms with Gasteiger partial charge in [-0.25, -0.2) is 0 Å². The average Bonchev–Trinajstić information content (AvgIpc) is 2.24. The van der Waals surface area contributed by atoms with E-state index in [0.29, 0.717) is 5.92 Å². The zero-order valence-electron chi connectivity index (χ0n) is 10.2. The van der Waals surface area contributed by atoms with Crippen LogP contribution in [0.25, 0.3) is 0 Å². The highest BCUT2D eigenvalue weighted by Crippen LogP contribution is 2.28. The van der Waals surface area contributed by atoms with Gasteiger partial charge in [-0.3, -0.25) is 4.99 Å². The van der Waals surface area contributed by atoms with Gasteiger partial charge in [-0.1, -0.05) is 20.8 Å². The van der Waals surface area contributed by atoms with E-state index in [4.69, 9.17) is 0 Å². The van der Waals surface area contributed by atoms with Crippen LogP contribution in [-0.4, -0.2) is 13.3 Å². The van der Waals surface area contributed by atoms with E-state index in [1.165, 1.54) is 24.2 Å². The van der Waals surface area contributed by atoms with Crippen molar-refractivity contribution in [1.82, 2.24) is 5.32 Å². The highest BCUT2D eigenvalue weighted by molar-refractivity contribution is 5.55. The topological polar surface area (TPSA) is 24.4 Å². The first-order valence-corrected chi connectivity index (χ1v) is 5.69. The lowest BCUT2D eigenvalue weighted by Gasteiger charge is -2.22. The number of hydrogen-bond acceptors (Lipinski definition) is 2. The minimum absolute atomic E-state index is 0.623. The quantitative estimate of drug-likeness (QED) is 0.673. The second-order valence-electron chi connectivity index (χ2n) is 3.29. The van der Waals surface area contributed by atoms with Gasteiger partial charge in [0.1, 0.15) is 0 Å². The van der Waals surface area contributed by atoms with E-state index in [2.05, 4.69) is 17.2 Å². The van der Waals surface area contributed by atoms with Gasteiger partial charge >= 0.3 is 0 Å². The van der Waals surface area contributed by atoms with E-state index in [1.54, 1.807) is 0 Å². The van der Waals surface area contributed by atoms with Crippen LogP contribution in [0.3, 0.4) is 0 Å². The number of aliphatic imine (C=N–C) groups is 1. The lowest BCUT2D eigenvalue weighted by Crippen LogP contribution is -2.17. The summed E-state index contributed by atoms with van der Waals surface area (Å²) in [6.07, 6.45) is 5.61. The SMILES string of the molecule is CC.CC=NC1=C(NC)CCCC1C. The first kappa shape index (κ1) is 13.2. The summed E-state index contributed by atoms with van der Waals surface area (Å²) in [6.45, 7) is 8.22. The predicted molar refractivity (Wildman–Crippen MR) is 64.6 cm³/mol. The van der Waals surface area contributed by atoms with Crippen molar-refractivity contribution in [2.75, 3.05) is 7.05 Å². The van der Waals surface area contributed by atoms with Gasteiger partial charge in [0.15, 0.2) is 0 Å².